The molecule has 0 spiro atoms. The molecule has 0 heterocycles. The zero-order valence-corrected chi connectivity index (χ0v) is 56.6. The van der Waals surface area contributed by atoms with Crippen molar-refractivity contribution in [3.63, 3.8) is 0 Å². The summed E-state index contributed by atoms with van der Waals surface area (Å²) in [5.41, 5.74) is 3.10. The molecule has 3 atom stereocenters. The van der Waals surface area contributed by atoms with Gasteiger partial charge in [-0.25, -0.2) is 9.59 Å². The molecule has 0 aliphatic heterocycles. The van der Waals surface area contributed by atoms with Gasteiger partial charge >= 0.3 is 12.2 Å². The van der Waals surface area contributed by atoms with Crippen LogP contribution < -0.4 is 34.8 Å². The molecule has 88 heavy (non-hydrogen) atoms. The molecule has 4 aromatic rings. The van der Waals surface area contributed by atoms with E-state index in [0.717, 1.165) is 65.0 Å². The van der Waals surface area contributed by atoms with Crippen molar-refractivity contribution in [2.45, 2.75) is 193 Å². The highest BCUT2D eigenvalue weighted by Gasteiger charge is 2.23. The van der Waals surface area contributed by atoms with Gasteiger partial charge in [-0.3, -0.25) is 14.2 Å². The van der Waals surface area contributed by atoms with Crippen LogP contribution in [0.3, 0.4) is 0 Å². The van der Waals surface area contributed by atoms with E-state index in [9.17, 15) is 33.7 Å². The van der Waals surface area contributed by atoms with E-state index in [0.29, 0.717) is 46.5 Å². The van der Waals surface area contributed by atoms with Crippen LogP contribution >= 0.6 is 7.82 Å². The number of amides is 2. The van der Waals surface area contributed by atoms with Crippen molar-refractivity contribution < 1.29 is 66.2 Å². The third kappa shape index (κ3) is 31.8. The highest BCUT2D eigenvalue weighted by Crippen LogP contribution is 2.39. The topological polar surface area (TPSA) is 215 Å². The van der Waals surface area contributed by atoms with Gasteiger partial charge in [0.15, 0.2) is 23.8 Å². The number of hydrogen-bond donors (Lipinski definition) is 3. The van der Waals surface area contributed by atoms with Crippen LogP contribution in [-0.2, 0) is 23.1 Å². The number of quaternary nitrogens is 1. The fraction of sp³-hybridized carbons (Fsp3) is 0.652. The van der Waals surface area contributed by atoms with E-state index in [2.05, 4.69) is 24.5 Å². The number of anilines is 2. The zero-order chi connectivity index (χ0) is 64.7. The van der Waals surface area contributed by atoms with Crippen LogP contribution in [0, 0.1) is 0 Å². The summed E-state index contributed by atoms with van der Waals surface area (Å²) in [6, 6.07) is 19.2. The Bertz CT molecular complexity index is 2700. The van der Waals surface area contributed by atoms with Crippen LogP contribution in [0.5, 0.6) is 11.5 Å². The fourth-order valence-corrected chi connectivity index (χ4v) is 10.7. The van der Waals surface area contributed by atoms with Gasteiger partial charge in [-0.2, -0.15) is 0 Å². The summed E-state index contributed by atoms with van der Waals surface area (Å²) in [6.45, 7) is 3.78. The second kappa shape index (κ2) is 43.3. The standard InChI is InChI=1S/C37H62N3O8P.C32H50N2O5/c1-8-9-10-11-12-13-14-15-16-17-18-19-20-35(41)31-25-30-21-22-32(39(3)4)27-34(30)36(26-31)45-28-33(48-37(42)38-2)29-47-49(43,44)46-24-23-40(5,6)7;1-5-6-7-8-9-10-11-12-13-14-15-16-17-30(36)26-20-25-18-19-27(34(3)4)22-29(25)31(21-26)38-24-28(23-35)39-32(37)33-2/h21-22,25-27,33H,8-20,23-24,28-29H2,1-7H3,(H-,38,42,43,44);18-22,28,35H,5-17,23-24H2,1-4H3,(H,33,37)/t33-;28-/m10/s1. The van der Waals surface area contributed by atoms with E-state index in [1.807, 2.05) is 108 Å². The SMILES string of the molecule is CCCCCCCCCCCCCCC(=O)c1cc(OC[C@H](CO)OC(=O)NC)c2cc(N(C)C)ccc2c1.CCCCCCCCCCCCCCC(=O)c1cc(OC[C@H](COP(=O)([O-])OCC[N+](C)(C)C)OC(=O)NC)c2cc(N(C)C)ccc2c1. The van der Waals surface area contributed by atoms with Crippen LogP contribution in [-0.4, -0.2) is 149 Å². The first-order valence-electron chi connectivity index (χ1n) is 32.7. The lowest BCUT2D eigenvalue weighted by Gasteiger charge is -2.28. The van der Waals surface area contributed by atoms with Crippen molar-refractivity contribution in [3.8, 4) is 11.5 Å². The third-order valence-electron chi connectivity index (χ3n) is 15.4. The van der Waals surface area contributed by atoms with Crippen LogP contribution in [0.25, 0.3) is 21.5 Å². The Morgan fingerprint density at radius 3 is 1.24 bits per heavy atom. The molecule has 4 rings (SSSR count). The van der Waals surface area contributed by atoms with Crippen LogP contribution in [0.4, 0.5) is 21.0 Å². The van der Waals surface area contributed by atoms with Crippen molar-refractivity contribution in [2.24, 2.45) is 0 Å². The molecule has 0 bridgehead atoms. The maximum Gasteiger partial charge on any atom is 0.407 e. The first-order chi connectivity index (χ1) is 42.1. The Balaban J connectivity index is 0.000000472. The van der Waals surface area contributed by atoms with Gasteiger partial charge in [0.2, 0.25) is 0 Å². The van der Waals surface area contributed by atoms with Crippen molar-refractivity contribution >= 4 is 64.5 Å². The Hall–Kier alpha value is -5.49. The number of nitrogens with one attached hydrogen (secondary N) is 2. The number of nitrogens with zero attached hydrogens (tertiary/aromatic N) is 3. The first kappa shape index (κ1) is 76.8. The molecule has 0 saturated carbocycles. The highest BCUT2D eigenvalue weighted by molar-refractivity contribution is 7.45. The molecule has 3 N–H and O–H groups in total. The van der Waals surface area contributed by atoms with E-state index in [1.165, 1.54) is 136 Å². The molecule has 1 unspecified atom stereocenters. The Morgan fingerprint density at radius 2 is 0.886 bits per heavy atom. The average Bonchev–Trinajstić information content (AvgIpc) is 3.18. The van der Waals surface area contributed by atoms with Gasteiger partial charge in [-0.1, -0.05) is 167 Å². The number of phosphoric ester groups is 1. The molecule has 496 valence electrons. The molecule has 0 aliphatic carbocycles. The van der Waals surface area contributed by atoms with Crippen molar-refractivity contribution in [1.29, 1.82) is 0 Å². The molecular formula is C69H112N5O13P. The second-order valence-electron chi connectivity index (χ2n) is 24.6. The summed E-state index contributed by atoms with van der Waals surface area (Å²) < 4.78 is 45.7. The average molecular weight is 1250 g/mol. The highest BCUT2D eigenvalue weighted by atomic mass is 31.2. The monoisotopic (exact) mass is 1250 g/mol. The molecule has 0 aromatic heterocycles. The predicted octanol–water partition coefficient (Wildman–Crippen LogP) is 14.8. The molecule has 0 fully saturated rings. The molecule has 4 aromatic carbocycles. The Morgan fingerprint density at radius 1 is 0.523 bits per heavy atom. The number of aliphatic hydroxyl groups excluding tert-OH is 1. The minimum atomic E-state index is -4.66. The van der Waals surface area contributed by atoms with Crippen LogP contribution in [0.15, 0.2) is 60.7 Å². The van der Waals surface area contributed by atoms with Crippen molar-refractivity contribution in [1.82, 2.24) is 10.6 Å². The smallest absolute Gasteiger partial charge is 0.407 e. The Labute approximate surface area is 528 Å². The predicted molar refractivity (Wildman–Crippen MR) is 356 cm³/mol. The number of unbranched alkanes of at least 4 members (excludes halogenated alkanes) is 22. The summed E-state index contributed by atoms with van der Waals surface area (Å²) in [7, 11) is 11.7. The number of rotatable bonds is 46. The molecule has 19 heteroatoms. The number of phosphoric acid groups is 1. The van der Waals surface area contributed by atoms with E-state index in [1.54, 1.807) is 12.1 Å². The van der Waals surface area contributed by atoms with Gasteiger partial charge < -0.3 is 62.9 Å². The molecular weight excluding hydrogens is 1140 g/mol. The lowest BCUT2D eigenvalue weighted by Crippen LogP contribution is -2.38. The molecule has 0 radical (unpaired) electrons. The summed E-state index contributed by atoms with van der Waals surface area (Å²) in [5.74, 6) is 1.10. The summed E-state index contributed by atoms with van der Waals surface area (Å²) in [5, 5.41) is 17.7. The molecule has 0 aliphatic rings. The van der Waals surface area contributed by atoms with Crippen LogP contribution in [0.1, 0.15) is 202 Å². The molecule has 18 nitrogen and oxygen atoms in total. The lowest BCUT2D eigenvalue weighted by atomic mass is 9.99. The maximum absolute atomic E-state index is 13.3. The number of benzene rings is 4. The Kier molecular flexibility index (Phi) is 37.7. The van der Waals surface area contributed by atoms with E-state index >= 15 is 0 Å². The first-order valence-corrected chi connectivity index (χ1v) is 34.2. The van der Waals surface area contributed by atoms with Gasteiger partial charge in [-0.15, -0.1) is 0 Å². The van der Waals surface area contributed by atoms with Gasteiger partial charge in [0.05, 0.1) is 34.4 Å². The zero-order valence-electron chi connectivity index (χ0n) is 55.7. The number of Topliss-reactive ketones (excluding diaryl/α,β-unsaturated/α-hetero) is 2. The number of fused-ring (bicyclic) bond motifs is 2. The largest absolute Gasteiger partial charge is 0.756 e. The van der Waals surface area contributed by atoms with Gasteiger partial charge in [0, 0.05) is 88.4 Å². The summed E-state index contributed by atoms with van der Waals surface area (Å²) >= 11 is 0. The van der Waals surface area contributed by atoms with E-state index in [-0.39, 0.29) is 38.0 Å². The van der Waals surface area contributed by atoms with Crippen molar-refractivity contribution in [3.05, 3.63) is 71.8 Å². The minimum absolute atomic E-state index is 0.0262. The van der Waals surface area contributed by atoms with E-state index < -0.39 is 38.8 Å². The number of carbonyl (C=O) groups is 4. The second-order valence-corrected chi connectivity index (χ2v) is 26.0. The number of carbonyl (C=O) groups excluding carboxylic acids is 4. The number of likely N-dealkylation sites (N-methyl/N-ethyl adjacent to an activating group) is 1. The molecule has 2 amide bonds. The van der Waals surface area contributed by atoms with Gasteiger partial charge in [0.1, 0.15) is 37.9 Å². The minimum Gasteiger partial charge on any atom is -0.756 e. The number of alkyl carbamates (subject to hydrolysis) is 2. The maximum atomic E-state index is 13.3. The molecule has 0 saturated heterocycles. The quantitative estimate of drug-likeness (QED) is 0.0162. The van der Waals surface area contributed by atoms with Crippen LogP contribution in [0.2, 0.25) is 0 Å². The number of hydrogen-bond acceptors (Lipinski definition) is 15. The normalized spacial score (nSPS) is 12.8. The number of ketones is 2. The van der Waals surface area contributed by atoms with Crippen molar-refractivity contribution in [2.75, 3.05) is 113 Å². The lowest BCUT2D eigenvalue weighted by molar-refractivity contribution is -0.870. The van der Waals surface area contributed by atoms with E-state index in [4.69, 9.17) is 28.0 Å². The number of ether oxygens (including phenoxy) is 4. The summed E-state index contributed by atoms with van der Waals surface area (Å²) in [4.78, 5) is 66.5. The van der Waals surface area contributed by atoms with Gasteiger partial charge in [-0.05, 0) is 72.1 Å². The summed E-state index contributed by atoms with van der Waals surface area (Å²) in [6.07, 6.45) is 27.5. The van der Waals surface area contributed by atoms with Gasteiger partial charge in [0.25, 0.3) is 7.82 Å². The third-order valence-corrected chi connectivity index (χ3v) is 16.4. The number of aliphatic hydroxyl groups is 1. The fourth-order valence-electron chi connectivity index (χ4n) is 9.95.